The van der Waals surface area contributed by atoms with Crippen molar-refractivity contribution in [3.05, 3.63) is 53.4 Å². The monoisotopic (exact) mass is 509 g/mol. The molecule has 2 heterocycles. The number of carboxylic acids is 1. The smallest absolute Gasteiger partial charge is 0.357 e. The molecule has 0 radical (unpaired) electrons. The quantitative estimate of drug-likeness (QED) is 0.440. The molecule has 4 rings (SSSR count). The van der Waals surface area contributed by atoms with Gasteiger partial charge < -0.3 is 24.6 Å². The number of amides is 1. The zero-order chi connectivity index (χ0) is 26.4. The summed E-state index contributed by atoms with van der Waals surface area (Å²) in [6, 6.07) is 5.94. The van der Waals surface area contributed by atoms with Gasteiger partial charge in [-0.1, -0.05) is 12.7 Å². The van der Waals surface area contributed by atoms with Crippen LogP contribution in [0, 0.1) is 5.92 Å². The first-order chi connectivity index (χ1) is 17.9. The largest absolute Gasteiger partial charge is 0.496 e. The van der Waals surface area contributed by atoms with Crippen molar-refractivity contribution in [3.63, 3.8) is 0 Å². The van der Waals surface area contributed by atoms with Crippen molar-refractivity contribution in [1.29, 1.82) is 0 Å². The number of rotatable bonds is 11. The zero-order valence-corrected chi connectivity index (χ0v) is 20.8. The molecular formula is C27H31N3O7. The van der Waals surface area contributed by atoms with Crippen LogP contribution in [0.15, 0.2) is 30.8 Å². The van der Waals surface area contributed by atoms with Gasteiger partial charge in [0.2, 0.25) is 0 Å². The second kappa shape index (κ2) is 12.0. The third-order valence-corrected chi connectivity index (χ3v) is 6.42. The average molecular weight is 510 g/mol. The highest BCUT2D eigenvalue weighted by molar-refractivity contribution is 6.03. The molecular weight excluding hydrogens is 478 g/mol. The standard InChI is InChI=1S/C27H31N3O7/c1-3-18-14-21(26(32)33)20(15-23(18)35-2)19-6-7-22(25(31)28-16-17-4-5-17)29-24(19)27(34)37-13-10-30-8-11-36-12-9-30/h3,6-7,14-15,17H,1,4-5,8-13,16H2,2H3,(H,28,31)(H,32,33). The summed E-state index contributed by atoms with van der Waals surface area (Å²) in [5, 5.41) is 12.7. The fraction of sp³-hybridized carbons (Fsp3) is 0.407. The summed E-state index contributed by atoms with van der Waals surface area (Å²) in [5.41, 5.74) is 0.773. The SMILES string of the molecule is C=Cc1cc(C(=O)O)c(-c2ccc(C(=O)NCC3CC3)nc2C(=O)OCCN2CCOCC2)cc1OC. The molecule has 1 saturated carbocycles. The molecule has 1 aromatic heterocycles. The highest BCUT2D eigenvalue weighted by Crippen LogP contribution is 2.34. The van der Waals surface area contributed by atoms with Crippen molar-refractivity contribution < 1.29 is 33.7 Å². The Morgan fingerprint density at radius 2 is 1.97 bits per heavy atom. The van der Waals surface area contributed by atoms with Crippen molar-refractivity contribution in [3.8, 4) is 16.9 Å². The number of carboxylic acid groups (broad SMARTS) is 1. The van der Waals surface area contributed by atoms with Gasteiger partial charge in [0.15, 0.2) is 5.69 Å². The van der Waals surface area contributed by atoms with Crippen LogP contribution in [0.2, 0.25) is 0 Å². The Balaban J connectivity index is 1.67. The lowest BCUT2D eigenvalue weighted by molar-refractivity contribution is 0.0193. The number of ether oxygens (including phenoxy) is 3. The minimum atomic E-state index is -1.20. The molecule has 2 aromatic rings. The molecule has 10 nitrogen and oxygen atoms in total. The Hall–Kier alpha value is -3.76. The van der Waals surface area contributed by atoms with Crippen LogP contribution in [-0.2, 0) is 9.47 Å². The van der Waals surface area contributed by atoms with Crippen LogP contribution >= 0.6 is 0 Å². The molecule has 2 aliphatic rings. The van der Waals surface area contributed by atoms with Crippen LogP contribution in [0.25, 0.3) is 17.2 Å². The van der Waals surface area contributed by atoms with Gasteiger partial charge in [-0.2, -0.15) is 0 Å². The molecule has 2 N–H and O–H groups in total. The highest BCUT2D eigenvalue weighted by Gasteiger charge is 2.26. The van der Waals surface area contributed by atoms with E-state index in [1.54, 1.807) is 0 Å². The Morgan fingerprint density at radius 3 is 2.62 bits per heavy atom. The first-order valence-corrected chi connectivity index (χ1v) is 12.3. The van der Waals surface area contributed by atoms with Gasteiger partial charge in [-0.05, 0) is 43.0 Å². The summed E-state index contributed by atoms with van der Waals surface area (Å²) in [4.78, 5) is 44.5. The molecule has 1 aromatic carbocycles. The van der Waals surface area contributed by atoms with E-state index in [-0.39, 0.29) is 34.7 Å². The van der Waals surface area contributed by atoms with Gasteiger partial charge in [0, 0.05) is 42.9 Å². The number of aromatic nitrogens is 1. The maximum absolute atomic E-state index is 13.2. The van der Waals surface area contributed by atoms with Gasteiger partial charge in [0.1, 0.15) is 18.1 Å². The maximum atomic E-state index is 13.2. The summed E-state index contributed by atoms with van der Waals surface area (Å²) < 4.78 is 16.3. The maximum Gasteiger partial charge on any atom is 0.357 e. The number of aromatic carboxylic acids is 1. The molecule has 37 heavy (non-hydrogen) atoms. The van der Waals surface area contributed by atoms with Crippen LogP contribution in [0.3, 0.4) is 0 Å². The summed E-state index contributed by atoms with van der Waals surface area (Å²) in [5.74, 6) is -1.49. The number of hydrogen-bond donors (Lipinski definition) is 2. The first kappa shape index (κ1) is 26.3. The number of nitrogens with zero attached hydrogens (tertiary/aromatic N) is 2. The van der Waals surface area contributed by atoms with Gasteiger partial charge >= 0.3 is 11.9 Å². The number of esters is 1. The van der Waals surface area contributed by atoms with Gasteiger partial charge in [-0.3, -0.25) is 9.69 Å². The van der Waals surface area contributed by atoms with Crippen LogP contribution < -0.4 is 10.1 Å². The molecule has 0 unspecified atom stereocenters. The number of carbonyl (C=O) groups is 3. The van der Waals surface area contributed by atoms with E-state index in [9.17, 15) is 19.5 Å². The summed E-state index contributed by atoms with van der Waals surface area (Å²) >= 11 is 0. The third kappa shape index (κ3) is 6.52. The molecule has 196 valence electrons. The van der Waals surface area contributed by atoms with Crippen molar-refractivity contribution >= 4 is 23.9 Å². The molecule has 1 aliphatic heterocycles. The van der Waals surface area contributed by atoms with E-state index >= 15 is 0 Å². The third-order valence-electron chi connectivity index (χ3n) is 6.42. The highest BCUT2D eigenvalue weighted by atomic mass is 16.5. The number of methoxy groups -OCH3 is 1. The lowest BCUT2D eigenvalue weighted by atomic mass is 9.95. The summed E-state index contributed by atoms with van der Waals surface area (Å²) in [7, 11) is 1.46. The lowest BCUT2D eigenvalue weighted by Gasteiger charge is -2.26. The molecule has 0 bridgehead atoms. The minimum Gasteiger partial charge on any atom is -0.496 e. The summed E-state index contributed by atoms with van der Waals surface area (Å²) in [6.45, 7) is 7.63. The number of carbonyl (C=O) groups excluding carboxylic acids is 2. The van der Waals surface area contributed by atoms with Crippen molar-refractivity contribution in [2.24, 2.45) is 5.92 Å². The first-order valence-electron chi connectivity index (χ1n) is 12.3. The minimum absolute atomic E-state index is 0.0519. The van der Waals surface area contributed by atoms with E-state index in [0.29, 0.717) is 43.5 Å². The second-order valence-electron chi connectivity index (χ2n) is 8.99. The number of nitrogens with one attached hydrogen (secondary N) is 1. The van der Waals surface area contributed by atoms with Crippen LogP contribution in [0.4, 0.5) is 0 Å². The molecule has 1 amide bonds. The van der Waals surface area contributed by atoms with Crippen molar-refractivity contribution in [2.45, 2.75) is 12.8 Å². The molecule has 2 fully saturated rings. The van der Waals surface area contributed by atoms with E-state index in [2.05, 4.69) is 21.8 Å². The summed E-state index contributed by atoms with van der Waals surface area (Å²) in [6.07, 6.45) is 3.64. The van der Waals surface area contributed by atoms with E-state index in [0.717, 1.165) is 25.9 Å². The Morgan fingerprint density at radius 1 is 1.22 bits per heavy atom. The Labute approximate surface area is 215 Å². The number of morpholine rings is 1. The molecule has 0 spiro atoms. The predicted octanol–water partition coefficient (Wildman–Crippen LogP) is 2.73. The topological polar surface area (TPSA) is 127 Å². The molecule has 1 aliphatic carbocycles. The van der Waals surface area contributed by atoms with Crippen molar-refractivity contribution in [2.75, 3.05) is 53.1 Å². The normalized spacial score (nSPS) is 15.6. The van der Waals surface area contributed by atoms with E-state index in [1.165, 1.54) is 37.5 Å². The molecule has 1 saturated heterocycles. The molecule has 0 atom stereocenters. The van der Waals surface area contributed by atoms with Gasteiger partial charge in [-0.15, -0.1) is 0 Å². The van der Waals surface area contributed by atoms with Crippen LogP contribution in [0.5, 0.6) is 5.75 Å². The van der Waals surface area contributed by atoms with E-state index in [1.807, 2.05) is 0 Å². The van der Waals surface area contributed by atoms with Gasteiger partial charge in [0.05, 0.1) is 25.9 Å². The number of hydrogen-bond acceptors (Lipinski definition) is 8. The van der Waals surface area contributed by atoms with Crippen molar-refractivity contribution in [1.82, 2.24) is 15.2 Å². The Bertz CT molecular complexity index is 1190. The van der Waals surface area contributed by atoms with E-state index < -0.39 is 17.8 Å². The number of pyridine rings is 1. The Kier molecular flexibility index (Phi) is 8.52. The van der Waals surface area contributed by atoms with Gasteiger partial charge in [-0.25, -0.2) is 14.6 Å². The van der Waals surface area contributed by atoms with Crippen LogP contribution in [-0.4, -0.2) is 85.9 Å². The fourth-order valence-corrected chi connectivity index (χ4v) is 4.10. The van der Waals surface area contributed by atoms with Crippen LogP contribution in [0.1, 0.15) is 49.7 Å². The lowest BCUT2D eigenvalue weighted by Crippen LogP contribution is -2.38. The average Bonchev–Trinajstić information content (AvgIpc) is 3.75. The predicted molar refractivity (Wildman–Crippen MR) is 136 cm³/mol. The van der Waals surface area contributed by atoms with E-state index in [4.69, 9.17) is 14.2 Å². The van der Waals surface area contributed by atoms with Gasteiger partial charge in [0.25, 0.3) is 5.91 Å². The number of benzene rings is 1. The second-order valence-corrected chi connectivity index (χ2v) is 8.99. The fourth-order valence-electron chi connectivity index (χ4n) is 4.10. The zero-order valence-electron chi connectivity index (χ0n) is 20.8. The molecule has 10 heteroatoms.